The molecule has 0 N–H and O–H groups in total. The molecule has 1 aromatic heterocycles. The van der Waals surface area contributed by atoms with Gasteiger partial charge in [0.25, 0.3) is 0 Å². The maximum atomic E-state index is 9.69. The van der Waals surface area contributed by atoms with E-state index >= 15 is 0 Å². The number of fused-ring (bicyclic) bond motifs is 2. The lowest BCUT2D eigenvalue weighted by Gasteiger charge is -2.13. The van der Waals surface area contributed by atoms with Gasteiger partial charge in [0.05, 0.1) is 8.95 Å². The second kappa shape index (κ2) is 9.22. The molecule has 0 bridgehead atoms. The number of halogens is 2. The summed E-state index contributed by atoms with van der Waals surface area (Å²) in [5.74, 6) is 0.989. The predicted octanol–water partition coefficient (Wildman–Crippen LogP) is 8.15. The summed E-state index contributed by atoms with van der Waals surface area (Å²) < 4.78 is 13.5. The monoisotopic (exact) mass is 558 g/mol. The van der Waals surface area contributed by atoms with Gasteiger partial charge in [-0.25, -0.2) is 4.98 Å². The first-order chi connectivity index (χ1) is 16.1. The van der Waals surface area contributed by atoms with Crippen molar-refractivity contribution in [2.45, 2.75) is 6.61 Å². The molecule has 0 unspecified atom stereocenters. The normalized spacial score (nSPS) is 11.6. The standard InChI is InChI=1S/C27H16Br2N2O2/c28-22-13-17(12-20(15-30)27-31-24-10-3-4-11-25(24)33-27)14-23(29)26(22)32-16-19-8-5-7-18-6-1-2-9-21(18)19/h1-14H,16H2/b20-12+. The lowest BCUT2D eigenvalue weighted by atomic mass is 10.1. The summed E-state index contributed by atoms with van der Waals surface area (Å²) in [6.07, 6.45) is 1.74. The number of benzene rings is 4. The number of nitriles is 1. The molecule has 0 saturated carbocycles. The molecule has 0 radical (unpaired) electrons. The lowest BCUT2D eigenvalue weighted by Crippen LogP contribution is -1.98. The van der Waals surface area contributed by atoms with Crippen molar-refractivity contribution < 1.29 is 9.15 Å². The van der Waals surface area contributed by atoms with Gasteiger partial charge in [-0.3, -0.25) is 0 Å². The number of rotatable bonds is 5. The highest BCUT2D eigenvalue weighted by molar-refractivity contribution is 9.11. The molecule has 1 heterocycles. The number of hydrogen-bond donors (Lipinski definition) is 0. The molecule has 0 spiro atoms. The average Bonchev–Trinajstić information content (AvgIpc) is 3.26. The van der Waals surface area contributed by atoms with Crippen molar-refractivity contribution in [3.05, 3.63) is 105 Å². The van der Waals surface area contributed by atoms with E-state index in [2.05, 4.69) is 67.2 Å². The highest BCUT2D eigenvalue weighted by Gasteiger charge is 2.13. The quantitative estimate of drug-likeness (QED) is 0.204. The van der Waals surface area contributed by atoms with Gasteiger partial charge in [-0.05, 0) is 84.1 Å². The lowest BCUT2D eigenvalue weighted by molar-refractivity contribution is 0.303. The summed E-state index contributed by atoms with van der Waals surface area (Å²) in [5.41, 5.74) is 3.62. The second-order valence-electron chi connectivity index (χ2n) is 7.40. The fraction of sp³-hybridized carbons (Fsp3) is 0.0370. The molecule has 5 aromatic rings. The molecule has 0 amide bonds. The minimum absolute atomic E-state index is 0.294. The molecule has 6 heteroatoms. The van der Waals surface area contributed by atoms with Crippen LogP contribution in [0.1, 0.15) is 17.0 Å². The summed E-state index contributed by atoms with van der Waals surface area (Å²) in [7, 11) is 0. The Labute approximate surface area is 207 Å². The molecule has 4 nitrogen and oxygen atoms in total. The second-order valence-corrected chi connectivity index (χ2v) is 9.11. The maximum Gasteiger partial charge on any atom is 0.238 e. The largest absolute Gasteiger partial charge is 0.487 e. The number of allylic oxidation sites excluding steroid dienone is 1. The summed E-state index contributed by atoms with van der Waals surface area (Å²) in [5, 5.41) is 12.0. The zero-order valence-corrected chi connectivity index (χ0v) is 20.4. The minimum Gasteiger partial charge on any atom is -0.487 e. The first-order valence-electron chi connectivity index (χ1n) is 10.2. The van der Waals surface area contributed by atoms with Gasteiger partial charge in [-0.1, -0.05) is 54.6 Å². The van der Waals surface area contributed by atoms with Crippen LogP contribution < -0.4 is 4.74 Å². The van der Waals surface area contributed by atoms with Gasteiger partial charge < -0.3 is 9.15 Å². The number of oxazole rings is 1. The Morgan fingerprint density at radius 1 is 0.970 bits per heavy atom. The summed E-state index contributed by atoms with van der Waals surface area (Å²) in [6.45, 7) is 0.431. The Morgan fingerprint density at radius 3 is 2.48 bits per heavy atom. The Kier molecular flexibility index (Phi) is 5.99. The Balaban J connectivity index is 1.42. The summed E-state index contributed by atoms with van der Waals surface area (Å²) in [4.78, 5) is 4.42. The number of nitrogens with zero attached hydrogens (tertiary/aromatic N) is 2. The number of para-hydroxylation sites is 2. The smallest absolute Gasteiger partial charge is 0.238 e. The Hall–Kier alpha value is -3.40. The van der Waals surface area contributed by atoms with E-state index in [4.69, 9.17) is 9.15 Å². The van der Waals surface area contributed by atoms with Crippen LogP contribution in [0.15, 0.2) is 92.2 Å². The van der Waals surface area contributed by atoms with Crippen LogP contribution >= 0.6 is 31.9 Å². The first kappa shape index (κ1) is 21.4. The average molecular weight is 560 g/mol. The maximum absolute atomic E-state index is 9.69. The van der Waals surface area contributed by atoms with E-state index in [0.29, 0.717) is 34.9 Å². The van der Waals surface area contributed by atoms with Gasteiger partial charge in [-0.2, -0.15) is 5.26 Å². The highest BCUT2D eigenvalue weighted by Crippen LogP contribution is 2.37. The van der Waals surface area contributed by atoms with Gasteiger partial charge in [0.2, 0.25) is 5.89 Å². The van der Waals surface area contributed by atoms with E-state index < -0.39 is 0 Å². The molecule has 0 saturated heterocycles. The van der Waals surface area contributed by atoms with Crippen LogP contribution in [0.2, 0.25) is 0 Å². The molecule has 0 atom stereocenters. The fourth-order valence-electron chi connectivity index (χ4n) is 3.66. The fourth-order valence-corrected chi connectivity index (χ4v) is 5.12. The highest BCUT2D eigenvalue weighted by atomic mass is 79.9. The first-order valence-corrected chi connectivity index (χ1v) is 11.8. The van der Waals surface area contributed by atoms with Gasteiger partial charge in [-0.15, -0.1) is 0 Å². The van der Waals surface area contributed by atoms with Crippen LogP contribution in [0.25, 0.3) is 33.5 Å². The van der Waals surface area contributed by atoms with Crippen LogP contribution in [-0.2, 0) is 6.61 Å². The van der Waals surface area contributed by atoms with Gasteiger partial charge >= 0.3 is 0 Å². The van der Waals surface area contributed by atoms with E-state index in [0.717, 1.165) is 20.1 Å². The SMILES string of the molecule is N#C/C(=C\c1cc(Br)c(OCc2cccc3ccccc23)c(Br)c1)c1nc2ccccc2o1. The van der Waals surface area contributed by atoms with Gasteiger partial charge in [0.15, 0.2) is 5.58 Å². The van der Waals surface area contributed by atoms with E-state index in [1.54, 1.807) is 6.08 Å². The van der Waals surface area contributed by atoms with E-state index in [-0.39, 0.29) is 0 Å². The van der Waals surface area contributed by atoms with Gasteiger partial charge in [0.1, 0.15) is 29.5 Å². The van der Waals surface area contributed by atoms with Crippen molar-refractivity contribution in [1.29, 1.82) is 5.26 Å². The third kappa shape index (κ3) is 4.43. The molecule has 0 aliphatic heterocycles. The zero-order valence-electron chi connectivity index (χ0n) is 17.3. The minimum atomic E-state index is 0.294. The summed E-state index contributed by atoms with van der Waals surface area (Å²) >= 11 is 7.22. The third-order valence-corrected chi connectivity index (χ3v) is 6.41. The van der Waals surface area contributed by atoms with Crippen LogP contribution in [0.3, 0.4) is 0 Å². The topological polar surface area (TPSA) is 59.0 Å². The summed E-state index contributed by atoms with van der Waals surface area (Å²) in [6, 6.07) is 27.9. The van der Waals surface area contributed by atoms with Crippen molar-refractivity contribution >= 4 is 65.4 Å². The predicted molar refractivity (Wildman–Crippen MR) is 138 cm³/mol. The van der Waals surface area contributed by atoms with Crippen LogP contribution in [-0.4, -0.2) is 4.98 Å². The molecule has 160 valence electrons. The van der Waals surface area contributed by atoms with Crippen molar-refractivity contribution in [2.75, 3.05) is 0 Å². The van der Waals surface area contributed by atoms with Crippen molar-refractivity contribution in [3.63, 3.8) is 0 Å². The molecule has 33 heavy (non-hydrogen) atoms. The Morgan fingerprint density at radius 2 is 1.70 bits per heavy atom. The van der Waals surface area contributed by atoms with Gasteiger partial charge in [0, 0.05) is 0 Å². The molecular formula is C27H16Br2N2O2. The molecule has 4 aromatic carbocycles. The molecule has 0 fully saturated rings. The van der Waals surface area contributed by atoms with Crippen LogP contribution in [0.4, 0.5) is 0 Å². The van der Waals surface area contributed by atoms with Crippen molar-refractivity contribution in [3.8, 4) is 11.8 Å². The van der Waals surface area contributed by atoms with E-state index in [1.807, 2.05) is 54.6 Å². The number of hydrogen-bond acceptors (Lipinski definition) is 4. The zero-order chi connectivity index (χ0) is 22.8. The van der Waals surface area contributed by atoms with E-state index in [1.165, 1.54) is 10.8 Å². The molecule has 0 aliphatic rings. The third-order valence-electron chi connectivity index (χ3n) is 5.23. The van der Waals surface area contributed by atoms with E-state index in [9.17, 15) is 5.26 Å². The molecular weight excluding hydrogens is 544 g/mol. The molecule has 0 aliphatic carbocycles. The van der Waals surface area contributed by atoms with Crippen molar-refractivity contribution in [2.24, 2.45) is 0 Å². The molecule has 5 rings (SSSR count). The van der Waals surface area contributed by atoms with Crippen LogP contribution in [0, 0.1) is 11.3 Å². The number of aromatic nitrogens is 1. The number of ether oxygens (including phenoxy) is 1. The Bertz CT molecular complexity index is 1500. The van der Waals surface area contributed by atoms with Crippen molar-refractivity contribution in [1.82, 2.24) is 4.98 Å². The van der Waals surface area contributed by atoms with Crippen LogP contribution in [0.5, 0.6) is 5.75 Å².